The van der Waals surface area contributed by atoms with E-state index in [-0.39, 0.29) is 0 Å². The molecule has 2 aromatic rings. The predicted octanol–water partition coefficient (Wildman–Crippen LogP) is 1.37. The van der Waals surface area contributed by atoms with E-state index in [1.165, 1.54) is 0 Å². The second kappa shape index (κ2) is 3.51. The average molecular weight is 248 g/mol. The second-order valence-electron chi connectivity index (χ2n) is 4.34. The number of pyridine rings is 1. The third-order valence-electron chi connectivity index (χ3n) is 3.25. The fraction of sp³-hybridized carbons (Fsp3) is 0.250. The zero-order chi connectivity index (χ0) is 12.0. The number of nitrogens with zero attached hydrogens (tertiary/aromatic N) is 1. The molecule has 4 nitrogen and oxygen atoms in total. The van der Waals surface area contributed by atoms with Gasteiger partial charge in [0.05, 0.1) is 4.90 Å². The Bertz CT molecular complexity index is 708. The van der Waals surface area contributed by atoms with Gasteiger partial charge < -0.3 is 0 Å². The minimum Gasteiger partial charge on any atom is -0.264 e. The molecular formula is C12H12N2O2S. The molecule has 0 atom stereocenters. The number of sulfonamides is 1. The van der Waals surface area contributed by atoms with Crippen molar-refractivity contribution in [3.63, 3.8) is 0 Å². The quantitative estimate of drug-likeness (QED) is 0.828. The fourth-order valence-electron chi connectivity index (χ4n) is 2.59. The first-order valence-electron chi connectivity index (χ1n) is 5.48. The van der Waals surface area contributed by atoms with Crippen LogP contribution in [-0.2, 0) is 22.9 Å². The van der Waals surface area contributed by atoms with Gasteiger partial charge in [-0.1, -0.05) is 0 Å². The average Bonchev–Trinajstić information content (AvgIpc) is 2.71. The van der Waals surface area contributed by atoms with E-state index in [2.05, 4.69) is 4.98 Å². The number of aryl methyl sites for hydroxylation is 1. The van der Waals surface area contributed by atoms with Crippen LogP contribution < -0.4 is 5.14 Å². The molecule has 88 valence electrons. The Hall–Kier alpha value is -1.46. The van der Waals surface area contributed by atoms with Crippen LogP contribution in [0.15, 0.2) is 29.4 Å². The van der Waals surface area contributed by atoms with Crippen molar-refractivity contribution in [1.82, 2.24) is 4.98 Å². The highest BCUT2D eigenvalue weighted by atomic mass is 32.2. The maximum Gasteiger partial charge on any atom is 0.238 e. The van der Waals surface area contributed by atoms with Crippen LogP contribution in [0, 0.1) is 0 Å². The van der Waals surface area contributed by atoms with Gasteiger partial charge in [-0.2, -0.15) is 0 Å². The van der Waals surface area contributed by atoms with Crippen molar-refractivity contribution in [2.24, 2.45) is 5.14 Å². The summed E-state index contributed by atoms with van der Waals surface area (Å²) in [5.74, 6) is 0. The third-order valence-corrected chi connectivity index (χ3v) is 4.28. The Kier molecular flexibility index (Phi) is 2.21. The molecule has 0 aliphatic heterocycles. The van der Waals surface area contributed by atoms with E-state index in [1.807, 2.05) is 6.07 Å². The molecule has 5 heteroatoms. The van der Waals surface area contributed by atoms with Crippen LogP contribution in [0.4, 0.5) is 0 Å². The smallest absolute Gasteiger partial charge is 0.238 e. The van der Waals surface area contributed by atoms with Gasteiger partial charge in [0, 0.05) is 23.2 Å². The fourth-order valence-corrected chi connectivity index (χ4v) is 3.66. The van der Waals surface area contributed by atoms with Gasteiger partial charge in [0.15, 0.2) is 0 Å². The van der Waals surface area contributed by atoms with Crippen molar-refractivity contribution in [2.45, 2.75) is 24.2 Å². The molecule has 0 bridgehead atoms. The highest BCUT2D eigenvalue weighted by Gasteiger charge is 2.24. The molecule has 0 amide bonds. The number of benzene rings is 1. The molecule has 1 aliphatic carbocycles. The van der Waals surface area contributed by atoms with Gasteiger partial charge in [-0.3, -0.25) is 4.98 Å². The molecule has 1 aliphatic rings. The summed E-state index contributed by atoms with van der Waals surface area (Å²) in [5.41, 5.74) is 1.99. The molecule has 0 saturated carbocycles. The van der Waals surface area contributed by atoms with Crippen molar-refractivity contribution < 1.29 is 8.42 Å². The lowest BCUT2D eigenvalue weighted by Crippen LogP contribution is -2.15. The SMILES string of the molecule is NS(=O)(=O)c1c2c(cc3cnccc13)CCC2. The van der Waals surface area contributed by atoms with E-state index in [0.29, 0.717) is 10.3 Å². The Morgan fingerprint density at radius 3 is 2.88 bits per heavy atom. The van der Waals surface area contributed by atoms with Crippen LogP contribution in [0.5, 0.6) is 0 Å². The largest absolute Gasteiger partial charge is 0.264 e. The normalized spacial score (nSPS) is 15.1. The van der Waals surface area contributed by atoms with Crippen LogP contribution in [-0.4, -0.2) is 13.4 Å². The van der Waals surface area contributed by atoms with Gasteiger partial charge >= 0.3 is 0 Å². The summed E-state index contributed by atoms with van der Waals surface area (Å²) >= 11 is 0. The van der Waals surface area contributed by atoms with E-state index in [0.717, 1.165) is 35.8 Å². The number of nitrogens with two attached hydrogens (primary N) is 1. The maximum absolute atomic E-state index is 11.8. The third kappa shape index (κ3) is 1.62. The van der Waals surface area contributed by atoms with Crippen LogP contribution in [0.25, 0.3) is 10.8 Å². The molecule has 0 spiro atoms. The zero-order valence-electron chi connectivity index (χ0n) is 9.18. The van der Waals surface area contributed by atoms with Crippen LogP contribution in [0.3, 0.4) is 0 Å². The summed E-state index contributed by atoms with van der Waals surface area (Å²) in [6.07, 6.45) is 5.98. The lowest BCUT2D eigenvalue weighted by atomic mass is 10.0. The standard InChI is InChI=1S/C12H12N2O2S/c13-17(15,16)12-10-3-1-2-8(10)6-9-7-14-5-4-11(9)12/h4-7H,1-3H2,(H2,13,15,16). The van der Waals surface area contributed by atoms with Crippen molar-refractivity contribution in [3.8, 4) is 0 Å². The molecular weight excluding hydrogens is 236 g/mol. The summed E-state index contributed by atoms with van der Waals surface area (Å²) in [6, 6.07) is 3.74. The minimum atomic E-state index is -3.68. The number of rotatable bonds is 1. The monoisotopic (exact) mass is 248 g/mol. The zero-order valence-corrected chi connectivity index (χ0v) is 10.00. The topological polar surface area (TPSA) is 73.1 Å². The molecule has 1 aromatic heterocycles. The molecule has 17 heavy (non-hydrogen) atoms. The highest BCUT2D eigenvalue weighted by Crippen LogP contribution is 2.34. The minimum absolute atomic E-state index is 0.296. The first-order chi connectivity index (χ1) is 8.07. The van der Waals surface area contributed by atoms with Crippen LogP contribution >= 0.6 is 0 Å². The van der Waals surface area contributed by atoms with Crippen molar-refractivity contribution in [2.75, 3.05) is 0 Å². The Morgan fingerprint density at radius 2 is 2.12 bits per heavy atom. The maximum atomic E-state index is 11.8. The van der Waals surface area contributed by atoms with E-state index < -0.39 is 10.0 Å². The van der Waals surface area contributed by atoms with Crippen LogP contribution in [0.1, 0.15) is 17.5 Å². The number of aromatic nitrogens is 1. The van der Waals surface area contributed by atoms with E-state index in [4.69, 9.17) is 5.14 Å². The van der Waals surface area contributed by atoms with Gasteiger partial charge in [-0.15, -0.1) is 0 Å². The second-order valence-corrected chi connectivity index (χ2v) is 5.84. The molecule has 0 saturated heterocycles. The number of fused-ring (bicyclic) bond motifs is 2. The summed E-state index contributed by atoms with van der Waals surface area (Å²) in [5, 5.41) is 6.88. The lowest BCUT2D eigenvalue weighted by Gasteiger charge is -2.10. The predicted molar refractivity (Wildman–Crippen MR) is 65.1 cm³/mol. The Labute approximate surface area is 99.5 Å². The van der Waals surface area contributed by atoms with Crippen LogP contribution in [0.2, 0.25) is 0 Å². The molecule has 1 heterocycles. The number of hydrogen-bond acceptors (Lipinski definition) is 3. The Balaban J connectivity index is 2.52. The van der Waals surface area contributed by atoms with Gasteiger partial charge in [0.2, 0.25) is 10.0 Å². The molecule has 0 unspecified atom stereocenters. The molecule has 3 rings (SSSR count). The molecule has 2 N–H and O–H groups in total. The van der Waals surface area contributed by atoms with Crippen molar-refractivity contribution in [1.29, 1.82) is 0 Å². The van der Waals surface area contributed by atoms with E-state index in [9.17, 15) is 8.42 Å². The number of hydrogen-bond donors (Lipinski definition) is 1. The van der Waals surface area contributed by atoms with E-state index in [1.54, 1.807) is 18.5 Å². The highest BCUT2D eigenvalue weighted by molar-refractivity contribution is 7.89. The summed E-state index contributed by atoms with van der Waals surface area (Å²) in [6.45, 7) is 0. The lowest BCUT2D eigenvalue weighted by molar-refractivity contribution is 0.597. The first kappa shape index (κ1) is 10.7. The van der Waals surface area contributed by atoms with Crippen molar-refractivity contribution in [3.05, 3.63) is 35.7 Å². The summed E-state index contributed by atoms with van der Waals surface area (Å²) in [4.78, 5) is 4.32. The Morgan fingerprint density at radius 1 is 1.29 bits per heavy atom. The van der Waals surface area contributed by atoms with Gasteiger partial charge in [-0.25, -0.2) is 13.6 Å². The summed E-state index contributed by atoms with van der Waals surface area (Å²) < 4.78 is 23.5. The van der Waals surface area contributed by atoms with E-state index >= 15 is 0 Å². The molecule has 0 fully saturated rings. The summed E-state index contributed by atoms with van der Waals surface area (Å²) in [7, 11) is -3.68. The molecule has 0 radical (unpaired) electrons. The van der Waals surface area contributed by atoms with Gasteiger partial charge in [-0.05, 0) is 42.5 Å². The van der Waals surface area contributed by atoms with Crippen molar-refractivity contribution >= 4 is 20.8 Å². The first-order valence-corrected chi connectivity index (χ1v) is 7.03. The molecule has 1 aromatic carbocycles. The van der Waals surface area contributed by atoms with Gasteiger partial charge in [0.1, 0.15) is 0 Å². The number of primary sulfonamides is 1. The van der Waals surface area contributed by atoms with Gasteiger partial charge in [0.25, 0.3) is 0 Å².